The van der Waals surface area contributed by atoms with E-state index in [0.717, 1.165) is 17.5 Å². The van der Waals surface area contributed by atoms with Crippen LogP contribution in [0.1, 0.15) is 22.2 Å². The number of hydrogen-bond donors (Lipinski definition) is 2. The van der Waals surface area contributed by atoms with Crippen LogP contribution in [-0.4, -0.2) is 49.6 Å². The summed E-state index contributed by atoms with van der Waals surface area (Å²) in [6.45, 7) is -0.112. The van der Waals surface area contributed by atoms with Gasteiger partial charge in [0.1, 0.15) is 4.21 Å². The highest BCUT2D eigenvalue weighted by Crippen LogP contribution is 2.33. The Hall–Kier alpha value is -2.91. The summed E-state index contributed by atoms with van der Waals surface area (Å²) in [4.78, 5) is 29.0. The topological polar surface area (TPSA) is 112 Å². The lowest BCUT2D eigenvalue weighted by atomic mass is 10.2. The average molecular weight is 610 g/mol. The van der Waals surface area contributed by atoms with Gasteiger partial charge in [-0.05, 0) is 55.5 Å². The monoisotopic (exact) mass is 609 g/mol. The average Bonchev–Trinajstić information content (AvgIpc) is 3.35. The Balaban J connectivity index is 1.66. The second-order valence-corrected chi connectivity index (χ2v) is 11.4. The summed E-state index contributed by atoms with van der Waals surface area (Å²) in [5, 5.41) is 2.71. The second-order valence-electron chi connectivity index (χ2n) is 7.43. The third-order valence-corrected chi connectivity index (χ3v) is 8.38. The van der Waals surface area contributed by atoms with Crippen LogP contribution in [0.3, 0.4) is 0 Å². The number of aromatic nitrogens is 1. The second kappa shape index (κ2) is 12.3. The number of hydrazine groups is 1. The minimum atomic E-state index is -5.08. The number of pyridine rings is 1. The van der Waals surface area contributed by atoms with Crippen LogP contribution < -0.4 is 15.0 Å². The summed E-state index contributed by atoms with van der Waals surface area (Å²) < 4.78 is 68.8. The first kappa shape index (κ1) is 29.6. The van der Waals surface area contributed by atoms with E-state index in [1.165, 1.54) is 43.3 Å². The summed E-state index contributed by atoms with van der Waals surface area (Å²) in [6, 6.07) is 11.4. The maximum absolute atomic E-state index is 13.8. The van der Waals surface area contributed by atoms with Gasteiger partial charge < -0.3 is 5.32 Å². The van der Waals surface area contributed by atoms with Crippen LogP contribution in [0.5, 0.6) is 0 Å². The molecule has 0 atom stereocenters. The first-order chi connectivity index (χ1) is 17.8. The predicted molar refractivity (Wildman–Crippen MR) is 137 cm³/mol. The van der Waals surface area contributed by atoms with E-state index in [2.05, 4.69) is 10.3 Å². The fourth-order valence-electron chi connectivity index (χ4n) is 3.12. The lowest BCUT2D eigenvalue weighted by Crippen LogP contribution is -2.56. The number of sulfonamides is 1. The van der Waals surface area contributed by atoms with Gasteiger partial charge in [-0.25, -0.2) is 23.1 Å². The summed E-state index contributed by atoms with van der Waals surface area (Å²) in [5.74, 6) is -2.32. The highest BCUT2D eigenvalue weighted by molar-refractivity contribution is 7.91. The van der Waals surface area contributed by atoms with Crippen molar-refractivity contribution in [3.8, 4) is 0 Å². The molecular formula is C22H20Cl2F3N5O4S2. The van der Waals surface area contributed by atoms with Crippen molar-refractivity contribution < 1.29 is 31.2 Å². The minimum absolute atomic E-state index is 0.0234. The van der Waals surface area contributed by atoms with Crippen molar-refractivity contribution in [2.45, 2.75) is 24.0 Å². The normalized spacial score (nSPS) is 11.7. The third-order valence-electron chi connectivity index (χ3n) is 4.85. The SMILES string of the molecule is CCN(C(=O)CNS(=O)(=O)c1ccc(CNC(=O)c2ccc(Cl)cc2)s1)N(c1ncccc1Cl)C(F)(F)F. The summed E-state index contributed by atoms with van der Waals surface area (Å²) in [5.41, 5.74) is 0.361. The maximum atomic E-state index is 13.8. The summed E-state index contributed by atoms with van der Waals surface area (Å²) in [6.07, 6.45) is -4.01. The zero-order valence-electron chi connectivity index (χ0n) is 19.5. The van der Waals surface area contributed by atoms with Gasteiger partial charge >= 0.3 is 6.30 Å². The van der Waals surface area contributed by atoms with Gasteiger partial charge in [0, 0.05) is 28.2 Å². The van der Waals surface area contributed by atoms with Crippen molar-refractivity contribution in [3.63, 3.8) is 0 Å². The zero-order chi connectivity index (χ0) is 28.1. The number of thiophene rings is 1. The molecule has 0 saturated heterocycles. The Morgan fingerprint density at radius 3 is 2.37 bits per heavy atom. The molecule has 16 heteroatoms. The third kappa shape index (κ3) is 7.35. The van der Waals surface area contributed by atoms with Gasteiger partial charge in [-0.15, -0.1) is 24.5 Å². The molecule has 0 spiro atoms. The molecule has 0 saturated carbocycles. The maximum Gasteiger partial charge on any atom is 0.504 e. The van der Waals surface area contributed by atoms with Gasteiger partial charge in [-0.2, -0.15) is 5.01 Å². The number of likely N-dealkylation sites (N-methyl/N-ethyl adjacent to an activating group) is 1. The number of nitrogens with zero attached hydrogens (tertiary/aromatic N) is 3. The van der Waals surface area contributed by atoms with Crippen molar-refractivity contribution in [3.05, 3.63) is 75.2 Å². The van der Waals surface area contributed by atoms with Gasteiger partial charge in [0.05, 0.1) is 18.1 Å². The molecule has 2 amide bonds. The molecule has 0 radical (unpaired) electrons. The van der Waals surface area contributed by atoms with Crippen molar-refractivity contribution in [2.75, 3.05) is 18.1 Å². The number of carbonyl (C=O) groups is 2. The van der Waals surface area contributed by atoms with Gasteiger partial charge in [0.15, 0.2) is 5.82 Å². The van der Waals surface area contributed by atoms with E-state index in [9.17, 15) is 31.2 Å². The highest BCUT2D eigenvalue weighted by atomic mass is 35.5. The van der Waals surface area contributed by atoms with Crippen molar-refractivity contribution in [1.29, 1.82) is 0 Å². The van der Waals surface area contributed by atoms with Crippen molar-refractivity contribution in [1.82, 2.24) is 20.0 Å². The van der Waals surface area contributed by atoms with E-state index in [-0.39, 0.29) is 20.8 Å². The molecule has 0 unspecified atom stereocenters. The van der Waals surface area contributed by atoms with Crippen molar-refractivity contribution in [2.24, 2.45) is 0 Å². The van der Waals surface area contributed by atoms with E-state index < -0.39 is 47.0 Å². The molecule has 0 fully saturated rings. The highest BCUT2D eigenvalue weighted by Gasteiger charge is 2.45. The summed E-state index contributed by atoms with van der Waals surface area (Å²) >= 11 is 12.5. The molecule has 1 aromatic carbocycles. The zero-order valence-corrected chi connectivity index (χ0v) is 22.6. The van der Waals surface area contributed by atoms with Crippen LogP contribution in [0.15, 0.2) is 58.9 Å². The van der Waals surface area contributed by atoms with Crippen molar-refractivity contribution >= 4 is 62.2 Å². The quantitative estimate of drug-likeness (QED) is 0.259. The molecule has 2 heterocycles. The molecule has 9 nitrogen and oxygen atoms in total. The molecular weight excluding hydrogens is 590 g/mol. The van der Waals surface area contributed by atoms with E-state index in [1.54, 1.807) is 12.1 Å². The van der Waals surface area contributed by atoms with E-state index in [1.807, 2.05) is 4.72 Å². The van der Waals surface area contributed by atoms with Gasteiger partial charge in [-0.3, -0.25) is 9.59 Å². The number of nitrogens with one attached hydrogen (secondary N) is 2. The molecule has 38 heavy (non-hydrogen) atoms. The Labute approximate surface area is 230 Å². The minimum Gasteiger partial charge on any atom is -0.347 e. The van der Waals surface area contributed by atoms with Crippen LogP contribution in [0.25, 0.3) is 0 Å². The first-order valence-electron chi connectivity index (χ1n) is 10.7. The number of benzene rings is 1. The number of amides is 2. The van der Waals surface area contributed by atoms with Gasteiger partial charge in [0.2, 0.25) is 0 Å². The standard InChI is InChI=1S/C22H20Cl2F3N5O4S2/c1-2-31(32(22(25,26)27)20-17(24)4-3-11-28-20)18(33)13-30-38(35,36)19-10-9-16(37-19)12-29-21(34)14-5-7-15(23)8-6-14/h3-11,30H,2,12-13H2,1H3,(H,29,34). The molecule has 2 aromatic heterocycles. The van der Waals surface area contributed by atoms with Crippen LogP contribution in [-0.2, 0) is 21.4 Å². The largest absolute Gasteiger partial charge is 0.504 e. The molecule has 0 aliphatic heterocycles. The Morgan fingerprint density at radius 2 is 1.76 bits per heavy atom. The molecule has 204 valence electrons. The molecule has 0 aliphatic rings. The lowest BCUT2D eigenvalue weighted by molar-refractivity contribution is -0.171. The number of hydrogen-bond acceptors (Lipinski definition) is 7. The fourth-order valence-corrected chi connectivity index (χ4v) is 5.76. The molecule has 3 aromatic rings. The molecule has 0 aliphatic carbocycles. The van der Waals surface area contributed by atoms with E-state index in [0.29, 0.717) is 20.5 Å². The first-order valence-corrected chi connectivity index (χ1v) is 13.8. The molecule has 2 N–H and O–H groups in total. The van der Waals surface area contributed by atoms with Crippen LogP contribution in [0, 0.1) is 0 Å². The number of alkyl halides is 3. The van der Waals surface area contributed by atoms with Gasteiger partial charge in [0.25, 0.3) is 21.8 Å². The van der Waals surface area contributed by atoms with Crippen LogP contribution in [0.4, 0.5) is 19.0 Å². The lowest BCUT2D eigenvalue weighted by Gasteiger charge is -2.36. The van der Waals surface area contributed by atoms with Crippen LogP contribution in [0.2, 0.25) is 10.0 Å². The van der Waals surface area contributed by atoms with E-state index in [4.69, 9.17) is 23.2 Å². The predicted octanol–water partition coefficient (Wildman–Crippen LogP) is 4.45. The van der Waals surface area contributed by atoms with E-state index >= 15 is 0 Å². The summed E-state index contributed by atoms with van der Waals surface area (Å²) in [7, 11) is -4.25. The Kier molecular flexibility index (Phi) is 9.59. The molecule has 3 rings (SSSR count). The number of halogens is 5. The number of rotatable bonds is 10. The number of anilines is 1. The fraction of sp³-hybridized carbons (Fsp3) is 0.227. The van der Waals surface area contributed by atoms with Crippen LogP contribution >= 0.6 is 34.5 Å². The Morgan fingerprint density at radius 1 is 1.08 bits per heavy atom. The smallest absolute Gasteiger partial charge is 0.347 e. The molecule has 0 bridgehead atoms. The van der Waals surface area contributed by atoms with Gasteiger partial charge in [-0.1, -0.05) is 23.2 Å². The Bertz CT molecular complexity index is 1400. The number of carbonyl (C=O) groups excluding carboxylic acids is 2.